The maximum atomic E-state index is 12.4. The molecule has 0 saturated heterocycles. The molecule has 28 heavy (non-hydrogen) atoms. The normalized spacial score (nSPS) is 13.9. The van der Waals surface area contributed by atoms with E-state index in [1.54, 1.807) is 30.6 Å². The summed E-state index contributed by atoms with van der Waals surface area (Å²) in [6.07, 6.45) is 5.76. The lowest BCUT2D eigenvalue weighted by Crippen LogP contribution is -2.09. The van der Waals surface area contributed by atoms with Crippen molar-refractivity contribution in [3.8, 4) is 0 Å². The number of fused-ring (bicyclic) bond motifs is 3. The van der Waals surface area contributed by atoms with Gasteiger partial charge in [0.05, 0.1) is 17.6 Å². The Morgan fingerprint density at radius 2 is 2.04 bits per heavy atom. The van der Waals surface area contributed by atoms with E-state index in [1.807, 2.05) is 12.1 Å². The molecule has 1 aromatic carbocycles. The van der Waals surface area contributed by atoms with E-state index >= 15 is 0 Å². The Kier molecular flexibility index (Phi) is 5.54. The molecule has 1 aliphatic carbocycles. The topological polar surface area (TPSA) is 87.3 Å². The molecule has 0 spiro atoms. The lowest BCUT2D eigenvalue weighted by Gasteiger charge is -2.07. The highest BCUT2D eigenvalue weighted by Gasteiger charge is 2.19. The highest BCUT2D eigenvalue weighted by atomic mass is 32.1. The second-order valence-corrected chi connectivity index (χ2v) is 8.06. The molecule has 1 aliphatic rings. The van der Waals surface area contributed by atoms with Crippen molar-refractivity contribution in [2.24, 2.45) is 0 Å². The summed E-state index contributed by atoms with van der Waals surface area (Å²) in [5.74, 6) is 0.502. The van der Waals surface area contributed by atoms with Crippen molar-refractivity contribution >= 4 is 33.3 Å². The predicted molar refractivity (Wildman–Crippen MR) is 109 cm³/mol. The van der Waals surface area contributed by atoms with E-state index in [2.05, 4.69) is 9.97 Å². The van der Waals surface area contributed by atoms with Crippen LogP contribution in [0.3, 0.4) is 0 Å². The Morgan fingerprint density at radius 1 is 1.18 bits per heavy atom. The van der Waals surface area contributed by atoms with Gasteiger partial charge in [0.15, 0.2) is 12.4 Å². The minimum absolute atomic E-state index is 0.00392. The van der Waals surface area contributed by atoms with Crippen LogP contribution in [0.5, 0.6) is 0 Å². The molecule has 0 amide bonds. The van der Waals surface area contributed by atoms with E-state index in [1.165, 1.54) is 29.7 Å². The number of nitrogens with zero attached hydrogens (tertiary/aromatic N) is 2. The number of anilines is 1. The smallest absolute Gasteiger partial charge is 0.338 e. The fraction of sp³-hybridized carbons (Fsp3) is 0.381. The second kappa shape index (κ2) is 8.24. The molecule has 0 atom stereocenters. The van der Waals surface area contributed by atoms with E-state index in [9.17, 15) is 4.79 Å². The first-order valence-electron chi connectivity index (χ1n) is 9.47. The Hall–Kier alpha value is -2.51. The third kappa shape index (κ3) is 3.86. The van der Waals surface area contributed by atoms with Gasteiger partial charge in [-0.05, 0) is 48.9 Å². The van der Waals surface area contributed by atoms with Crippen LogP contribution in [0.15, 0.2) is 24.3 Å². The standard InChI is InChI=1S/C21H23N3O3S/c1-26-11-13-6-5-7-14(10-13)21(25)27-12-17-23-19(22)18-15-8-3-2-4-9-16(15)28-20(18)24-17/h5-7,10H,2-4,8-9,11-12H2,1H3,(H2,22,23,24). The fourth-order valence-corrected chi connectivity index (χ4v) is 4.93. The Morgan fingerprint density at radius 3 is 2.89 bits per heavy atom. The van der Waals surface area contributed by atoms with Gasteiger partial charge >= 0.3 is 5.97 Å². The summed E-state index contributed by atoms with van der Waals surface area (Å²) < 4.78 is 10.5. The van der Waals surface area contributed by atoms with Crippen LogP contribution in [0.2, 0.25) is 0 Å². The molecule has 0 aliphatic heterocycles. The van der Waals surface area contributed by atoms with Crippen LogP contribution in [0.4, 0.5) is 5.82 Å². The molecule has 3 aromatic rings. The molecule has 4 rings (SSSR count). The highest BCUT2D eigenvalue weighted by Crippen LogP contribution is 2.37. The zero-order chi connectivity index (χ0) is 19.5. The summed E-state index contributed by atoms with van der Waals surface area (Å²) in [5.41, 5.74) is 8.96. The summed E-state index contributed by atoms with van der Waals surface area (Å²) in [4.78, 5) is 23.7. The molecule has 7 heteroatoms. The fourth-order valence-electron chi connectivity index (χ4n) is 3.64. The summed E-state index contributed by atoms with van der Waals surface area (Å²) >= 11 is 1.69. The number of methoxy groups -OCH3 is 1. The van der Waals surface area contributed by atoms with Crippen LogP contribution >= 0.6 is 11.3 Å². The van der Waals surface area contributed by atoms with Gasteiger partial charge < -0.3 is 15.2 Å². The second-order valence-electron chi connectivity index (χ2n) is 6.98. The van der Waals surface area contributed by atoms with E-state index in [0.717, 1.165) is 28.6 Å². The molecule has 6 nitrogen and oxygen atoms in total. The van der Waals surface area contributed by atoms with E-state index in [-0.39, 0.29) is 6.61 Å². The zero-order valence-electron chi connectivity index (χ0n) is 15.9. The van der Waals surface area contributed by atoms with E-state index in [0.29, 0.717) is 23.8 Å². The average molecular weight is 398 g/mol. The van der Waals surface area contributed by atoms with Crippen LogP contribution in [-0.4, -0.2) is 23.0 Å². The molecule has 0 radical (unpaired) electrons. The molecule has 2 heterocycles. The number of esters is 1. The van der Waals surface area contributed by atoms with Gasteiger partial charge in [0.1, 0.15) is 10.6 Å². The van der Waals surface area contributed by atoms with Gasteiger partial charge in [-0.25, -0.2) is 14.8 Å². The third-order valence-electron chi connectivity index (χ3n) is 4.95. The minimum Gasteiger partial charge on any atom is -0.454 e. The molecule has 0 unspecified atom stereocenters. The third-order valence-corrected chi connectivity index (χ3v) is 6.13. The molecule has 146 valence electrons. The molecule has 0 fully saturated rings. The number of carbonyl (C=O) groups excluding carboxylic acids is 1. The van der Waals surface area contributed by atoms with Crippen molar-refractivity contribution in [2.75, 3.05) is 12.8 Å². The van der Waals surface area contributed by atoms with E-state index in [4.69, 9.17) is 15.2 Å². The lowest BCUT2D eigenvalue weighted by molar-refractivity contribution is 0.0462. The Bertz CT molecular complexity index is 1020. The maximum Gasteiger partial charge on any atom is 0.338 e. The average Bonchev–Trinajstić information content (AvgIpc) is 2.88. The number of carbonyl (C=O) groups is 1. The van der Waals surface area contributed by atoms with Crippen molar-refractivity contribution in [1.82, 2.24) is 9.97 Å². The molecule has 2 aromatic heterocycles. The Balaban J connectivity index is 1.52. The van der Waals surface area contributed by atoms with Crippen LogP contribution < -0.4 is 5.73 Å². The van der Waals surface area contributed by atoms with Crippen LogP contribution in [0, 0.1) is 0 Å². The number of nitrogens with two attached hydrogens (primary N) is 1. The number of aryl methyl sites for hydroxylation is 2. The molecule has 0 bridgehead atoms. The summed E-state index contributed by atoms with van der Waals surface area (Å²) in [6, 6.07) is 7.19. The number of hydrogen-bond acceptors (Lipinski definition) is 7. The molecular formula is C21H23N3O3S. The van der Waals surface area contributed by atoms with Gasteiger partial charge in [-0.2, -0.15) is 0 Å². The SMILES string of the molecule is COCc1cccc(C(=O)OCc2nc(N)c3c4c(sc3n2)CCCCC4)c1. The quantitative estimate of drug-likeness (QED) is 0.516. The van der Waals surface area contributed by atoms with Gasteiger partial charge in [0, 0.05) is 12.0 Å². The van der Waals surface area contributed by atoms with Crippen LogP contribution in [-0.2, 0) is 35.5 Å². The van der Waals surface area contributed by atoms with Crippen molar-refractivity contribution < 1.29 is 14.3 Å². The van der Waals surface area contributed by atoms with Crippen molar-refractivity contribution in [3.05, 3.63) is 51.7 Å². The summed E-state index contributed by atoms with van der Waals surface area (Å²) in [5, 5.41) is 0.990. The first-order chi connectivity index (χ1) is 13.7. The molecule has 2 N–H and O–H groups in total. The molecule has 0 saturated carbocycles. The zero-order valence-corrected chi connectivity index (χ0v) is 16.7. The van der Waals surface area contributed by atoms with Crippen molar-refractivity contribution in [1.29, 1.82) is 0 Å². The first kappa shape index (κ1) is 18.8. The monoisotopic (exact) mass is 397 g/mol. The number of ether oxygens (including phenoxy) is 2. The number of rotatable bonds is 5. The summed E-state index contributed by atoms with van der Waals surface area (Å²) in [7, 11) is 1.62. The van der Waals surface area contributed by atoms with Crippen molar-refractivity contribution in [2.45, 2.75) is 45.3 Å². The number of aromatic nitrogens is 2. The number of nitrogen functional groups attached to an aromatic ring is 1. The largest absolute Gasteiger partial charge is 0.454 e. The first-order valence-corrected chi connectivity index (χ1v) is 10.3. The highest BCUT2D eigenvalue weighted by molar-refractivity contribution is 7.19. The maximum absolute atomic E-state index is 12.4. The Labute approximate surface area is 167 Å². The van der Waals surface area contributed by atoms with Crippen molar-refractivity contribution in [3.63, 3.8) is 0 Å². The lowest BCUT2D eigenvalue weighted by atomic mass is 10.1. The van der Waals surface area contributed by atoms with Crippen LogP contribution in [0.1, 0.15) is 51.4 Å². The van der Waals surface area contributed by atoms with Gasteiger partial charge in [-0.3, -0.25) is 0 Å². The van der Waals surface area contributed by atoms with Crippen LogP contribution in [0.25, 0.3) is 10.2 Å². The molecular weight excluding hydrogens is 374 g/mol. The predicted octanol–water partition coefficient (Wildman–Crippen LogP) is 4.05. The van der Waals surface area contributed by atoms with Gasteiger partial charge in [0.25, 0.3) is 0 Å². The minimum atomic E-state index is -0.415. The van der Waals surface area contributed by atoms with Gasteiger partial charge in [-0.1, -0.05) is 18.6 Å². The number of thiophene rings is 1. The summed E-state index contributed by atoms with van der Waals surface area (Å²) in [6.45, 7) is 0.441. The number of benzene rings is 1. The van der Waals surface area contributed by atoms with E-state index < -0.39 is 5.97 Å². The van der Waals surface area contributed by atoms with Gasteiger partial charge in [0.2, 0.25) is 0 Å². The van der Waals surface area contributed by atoms with Gasteiger partial charge in [-0.15, -0.1) is 11.3 Å². The number of hydrogen-bond donors (Lipinski definition) is 1.